The van der Waals surface area contributed by atoms with Gasteiger partial charge in [-0.15, -0.1) is 0 Å². The normalized spacial score (nSPS) is 13.9. The van der Waals surface area contributed by atoms with Crippen molar-refractivity contribution in [2.75, 3.05) is 33.0 Å². The van der Waals surface area contributed by atoms with Crippen LogP contribution in [0.5, 0.6) is 0 Å². The first-order valence-electron chi connectivity index (χ1n) is 17.7. The number of hydrogen-bond acceptors (Lipinski definition) is 7. The van der Waals surface area contributed by atoms with Gasteiger partial charge in [-0.2, -0.15) is 0 Å². The van der Waals surface area contributed by atoms with Crippen molar-refractivity contribution in [1.82, 2.24) is 0 Å². The molecule has 0 fully saturated rings. The van der Waals surface area contributed by atoms with E-state index >= 15 is 0 Å². The van der Waals surface area contributed by atoms with Crippen molar-refractivity contribution in [2.45, 2.75) is 168 Å². The van der Waals surface area contributed by atoms with E-state index in [-0.39, 0.29) is 32.3 Å². The number of ether oxygens (including phenoxy) is 2. The minimum Gasteiger partial charge on any atom is -0.457 e. The molecule has 43 heavy (non-hydrogen) atoms. The third-order valence-electron chi connectivity index (χ3n) is 7.43. The number of carbonyl (C=O) groups is 1. The minimum absolute atomic E-state index is 0.0939. The molecule has 0 saturated carbocycles. The van der Waals surface area contributed by atoms with E-state index in [0.29, 0.717) is 13.0 Å². The van der Waals surface area contributed by atoms with Crippen molar-refractivity contribution in [3.8, 4) is 0 Å². The Morgan fingerprint density at radius 3 is 1.74 bits per heavy atom. The van der Waals surface area contributed by atoms with Gasteiger partial charge in [0.25, 0.3) is 0 Å². The molecule has 0 saturated heterocycles. The highest BCUT2D eigenvalue weighted by molar-refractivity contribution is 7.47. The van der Waals surface area contributed by atoms with Crippen LogP contribution in [0, 0.1) is 0 Å². The predicted octanol–water partition coefficient (Wildman–Crippen LogP) is 9.58. The fourth-order valence-electron chi connectivity index (χ4n) is 4.81. The van der Waals surface area contributed by atoms with Gasteiger partial charge in [0, 0.05) is 19.6 Å². The molecule has 9 heteroatoms. The van der Waals surface area contributed by atoms with Crippen LogP contribution in [0.3, 0.4) is 0 Å². The Morgan fingerprint density at radius 1 is 0.674 bits per heavy atom. The smallest absolute Gasteiger partial charge is 0.457 e. The number of allylic oxidation sites excluding steroid dienone is 2. The maximum absolute atomic E-state index is 12.5. The number of rotatable bonds is 34. The van der Waals surface area contributed by atoms with Crippen LogP contribution in [0.25, 0.3) is 0 Å². The summed E-state index contributed by atoms with van der Waals surface area (Å²) in [4.78, 5) is 22.3. The molecule has 0 amide bonds. The molecule has 0 radical (unpaired) electrons. The highest BCUT2D eigenvalue weighted by atomic mass is 31.2. The summed E-state index contributed by atoms with van der Waals surface area (Å²) in [6.45, 7) is 4.88. The molecule has 0 aliphatic carbocycles. The second-order valence-corrected chi connectivity index (χ2v) is 13.2. The lowest BCUT2D eigenvalue weighted by Gasteiger charge is -2.20. The quantitative estimate of drug-likeness (QED) is 0.0311. The van der Waals surface area contributed by atoms with Crippen LogP contribution in [0.1, 0.15) is 162 Å². The molecule has 0 heterocycles. The Hall–Kier alpha value is -0.760. The number of unbranched alkanes of at least 4 members (excludes halogenated alkanes) is 19. The number of nitrogens with two attached hydrogens (primary N) is 1. The zero-order valence-electron chi connectivity index (χ0n) is 28.0. The molecular formula is C34H68NO7P. The van der Waals surface area contributed by atoms with Crippen molar-refractivity contribution >= 4 is 13.8 Å². The fraction of sp³-hybridized carbons (Fsp3) is 0.912. The third-order valence-corrected chi connectivity index (χ3v) is 8.42. The molecule has 0 spiro atoms. The molecule has 2 atom stereocenters. The number of carbonyl (C=O) groups excluding carboxylic acids is 1. The largest absolute Gasteiger partial charge is 0.472 e. The highest BCUT2D eigenvalue weighted by Gasteiger charge is 2.25. The molecule has 0 aromatic rings. The Labute approximate surface area is 264 Å². The summed E-state index contributed by atoms with van der Waals surface area (Å²) in [5.41, 5.74) is 5.34. The molecule has 3 N–H and O–H groups in total. The van der Waals surface area contributed by atoms with E-state index in [1.807, 2.05) is 0 Å². The van der Waals surface area contributed by atoms with Crippen LogP contribution in [-0.4, -0.2) is 49.9 Å². The van der Waals surface area contributed by atoms with E-state index < -0.39 is 13.9 Å². The van der Waals surface area contributed by atoms with Crippen molar-refractivity contribution in [1.29, 1.82) is 0 Å². The zero-order chi connectivity index (χ0) is 31.7. The summed E-state index contributed by atoms with van der Waals surface area (Å²) in [5.74, 6) is -0.334. The standard InChI is InChI=1S/C34H68NO7P/c1-3-5-7-9-11-13-15-16-18-20-22-24-26-29-39-31-33(32-41-43(37,38)40-30-28-35)42-34(36)27-25-23-21-19-17-14-12-10-8-6-4-2/h11,13,33H,3-10,12,14-32,35H2,1-2H3,(H,37,38)/b13-11-. The van der Waals surface area contributed by atoms with Gasteiger partial charge in [0.15, 0.2) is 0 Å². The van der Waals surface area contributed by atoms with Gasteiger partial charge >= 0.3 is 13.8 Å². The van der Waals surface area contributed by atoms with Gasteiger partial charge in [-0.3, -0.25) is 13.8 Å². The lowest BCUT2D eigenvalue weighted by Crippen LogP contribution is -2.28. The van der Waals surface area contributed by atoms with E-state index in [1.165, 1.54) is 109 Å². The van der Waals surface area contributed by atoms with Crippen LogP contribution >= 0.6 is 7.82 Å². The summed E-state index contributed by atoms with van der Waals surface area (Å²) < 4.78 is 33.2. The van der Waals surface area contributed by atoms with Crippen molar-refractivity contribution in [3.63, 3.8) is 0 Å². The summed E-state index contributed by atoms with van der Waals surface area (Å²) in [7, 11) is -4.26. The zero-order valence-corrected chi connectivity index (χ0v) is 28.8. The topological polar surface area (TPSA) is 117 Å². The van der Waals surface area contributed by atoms with Gasteiger partial charge < -0.3 is 20.1 Å². The number of phosphoric acid groups is 1. The second kappa shape index (κ2) is 32.6. The first-order valence-corrected chi connectivity index (χ1v) is 19.2. The lowest BCUT2D eigenvalue weighted by atomic mass is 10.1. The molecule has 8 nitrogen and oxygen atoms in total. The van der Waals surface area contributed by atoms with Gasteiger partial charge in [-0.1, -0.05) is 129 Å². The summed E-state index contributed by atoms with van der Waals surface area (Å²) >= 11 is 0. The summed E-state index contributed by atoms with van der Waals surface area (Å²) in [6.07, 6.45) is 30.7. The average molecular weight is 634 g/mol. The van der Waals surface area contributed by atoms with E-state index in [2.05, 4.69) is 26.0 Å². The Kier molecular flexibility index (Phi) is 32.1. The molecular weight excluding hydrogens is 565 g/mol. The maximum Gasteiger partial charge on any atom is 0.472 e. The summed E-state index contributed by atoms with van der Waals surface area (Å²) in [5, 5.41) is 0. The Balaban J connectivity index is 4.12. The number of esters is 1. The van der Waals surface area contributed by atoms with Gasteiger partial charge in [-0.25, -0.2) is 4.57 Å². The molecule has 0 aromatic heterocycles. The van der Waals surface area contributed by atoms with Gasteiger partial charge in [-0.05, 0) is 38.5 Å². The number of phosphoric ester groups is 1. The van der Waals surface area contributed by atoms with Crippen LogP contribution in [-0.2, 0) is 27.9 Å². The van der Waals surface area contributed by atoms with E-state index in [0.717, 1.165) is 32.1 Å². The van der Waals surface area contributed by atoms with Crippen LogP contribution in [0.4, 0.5) is 0 Å². The van der Waals surface area contributed by atoms with E-state index in [9.17, 15) is 14.3 Å². The highest BCUT2D eigenvalue weighted by Crippen LogP contribution is 2.43. The average Bonchev–Trinajstić information content (AvgIpc) is 2.99. The molecule has 0 aromatic carbocycles. The molecule has 0 rings (SSSR count). The first kappa shape index (κ1) is 42.2. The predicted molar refractivity (Wildman–Crippen MR) is 178 cm³/mol. The molecule has 0 bridgehead atoms. The molecule has 0 aliphatic rings. The Morgan fingerprint density at radius 2 is 1.16 bits per heavy atom. The van der Waals surface area contributed by atoms with Gasteiger partial charge in [0.2, 0.25) is 0 Å². The van der Waals surface area contributed by atoms with E-state index in [4.69, 9.17) is 24.3 Å². The molecule has 0 aliphatic heterocycles. The van der Waals surface area contributed by atoms with Crippen molar-refractivity contribution in [2.24, 2.45) is 5.73 Å². The minimum atomic E-state index is -4.26. The van der Waals surface area contributed by atoms with Crippen molar-refractivity contribution in [3.05, 3.63) is 12.2 Å². The first-order chi connectivity index (χ1) is 20.9. The lowest BCUT2D eigenvalue weighted by molar-refractivity contribution is -0.154. The molecule has 2 unspecified atom stereocenters. The maximum atomic E-state index is 12.5. The van der Waals surface area contributed by atoms with Gasteiger partial charge in [0.1, 0.15) is 6.10 Å². The summed E-state index contributed by atoms with van der Waals surface area (Å²) in [6, 6.07) is 0. The van der Waals surface area contributed by atoms with Crippen LogP contribution in [0.2, 0.25) is 0 Å². The monoisotopic (exact) mass is 633 g/mol. The SMILES string of the molecule is CCCCC/C=C\CCCCCCCCOCC(COP(=O)(O)OCCN)OC(=O)CCCCCCCCCCCCC. The second-order valence-electron chi connectivity index (χ2n) is 11.7. The molecule has 256 valence electrons. The number of hydrogen-bond donors (Lipinski definition) is 2. The Bertz CT molecular complexity index is 677. The van der Waals surface area contributed by atoms with Crippen LogP contribution in [0.15, 0.2) is 12.2 Å². The van der Waals surface area contributed by atoms with Crippen LogP contribution < -0.4 is 5.73 Å². The fourth-order valence-corrected chi connectivity index (χ4v) is 5.58. The van der Waals surface area contributed by atoms with Gasteiger partial charge in [0.05, 0.1) is 19.8 Å². The van der Waals surface area contributed by atoms with Crippen molar-refractivity contribution < 1.29 is 32.8 Å². The van der Waals surface area contributed by atoms with E-state index in [1.54, 1.807) is 0 Å². The third kappa shape index (κ3) is 32.4.